The summed E-state index contributed by atoms with van der Waals surface area (Å²) >= 11 is -0.0858. The van der Waals surface area contributed by atoms with E-state index in [1.807, 2.05) is 0 Å². The molecule has 0 saturated carbocycles. The van der Waals surface area contributed by atoms with Crippen molar-refractivity contribution in [1.82, 2.24) is 0 Å². The fraction of sp³-hybridized carbons (Fsp3) is 0.727. The van der Waals surface area contributed by atoms with Gasteiger partial charge in [-0.2, -0.15) is 0 Å². The molecule has 0 saturated heterocycles. The number of benzene rings is 1. The normalized spacial score (nSPS) is 23.0. The van der Waals surface area contributed by atoms with Crippen molar-refractivity contribution in [2.75, 3.05) is 20.3 Å². The zero-order valence-corrected chi connectivity index (χ0v) is 21.2. The number of hydrogen-bond donors (Lipinski definition) is 0. The average molecular weight is 459 g/mol. The first-order valence-electron chi connectivity index (χ1n) is 9.78. The molecule has 3 nitrogen and oxygen atoms in total. The van der Waals surface area contributed by atoms with Crippen molar-refractivity contribution in [2.24, 2.45) is 0 Å². The Morgan fingerprint density at radius 2 is 1.85 bits per heavy atom. The van der Waals surface area contributed by atoms with Crippen LogP contribution in [0.3, 0.4) is 0 Å². The van der Waals surface area contributed by atoms with E-state index in [0.717, 1.165) is 18.1 Å². The van der Waals surface area contributed by atoms with Crippen LogP contribution in [0.15, 0.2) is 12.1 Å². The standard InChI is InChI=1S/C22H37O3PSe/c1-20(2,3)16-14-17(21(4,5)10-12-24-8)19-18(15-16)22(6,7)11-13-25-26(19,23)27-9/h14-15H,10-13H2,1-9H3. The van der Waals surface area contributed by atoms with Crippen LogP contribution in [0, 0.1) is 0 Å². The van der Waals surface area contributed by atoms with E-state index in [1.54, 1.807) is 7.11 Å². The molecule has 0 spiro atoms. The van der Waals surface area contributed by atoms with Gasteiger partial charge >= 0.3 is 172 Å². The SMILES string of the molecule is COCCC(C)(C)c1cc(C(C)(C)C)cc2c1P(=O)([Se]C)OCCC2(C)C. The monoisotopic (exact) mass is 460 g/mol. The molecule has 1 atom stereocenters. The molecular weight excluding hydrogens is 422 g/mol. The summed E-state index contributed by atoms with van der Waals surface area (Å²) in [6, 6.07) is 1.80. The molecule has 1 aliphatic rings. The van der Waals surface area contributed by atoms with Crippen LogP contribution in [0.2, 0.25) is 5.82 Å². The molecule has 0 aliphatic carbocycles. The van der Waals surface area contributed by atoms with Crippen LogP contribution in [-0.2, 0) is 30.1 Å². The summed E-state index contributed by atoms with van der Waals surface area (Å²) in [6.45, 7) is 17.1. The fourth-order valence-corrected chi connectivity index (χ4v) is 9.24. The van der Waals surface area contributed by atoms with E-state index in [4.69, 9.17) is 9.26 Å². The molecule has 0 radical (unpaired) electrons. The maximum atomic E-state index is 14.0. The third-order valence-electron chi connectivity index (χ3n) is 5.87. The molecule has 1 heterocycles. The Kier molecular flexibility index (Phi) is 6.83. The van der Waals surface area contributed by atoms with Crippen molar-refractivity contribution >= 4 is 25.9 Å². The van der Waals surface area contributed by atoms with E-state index < -0.39 is 6.06 Å². The first-order valence-corrected chi connectivity index (χ1v) is 15.3. The van der Waals surface area contributed by atoms with Gasteiger partial charge in [-0.15, -0.1) is 0 Å². The van der Waals surface area contributed by atoms with Gasteiger partial charge in [-0.05, 0) is 0 Å². The van der Waals surface area contributed by atoms with Crippen molar-refractivity contribution < 1.29 is 13.8 Å². The van der Waals surface area contributed by atoms with Crippen LogP contribution in [0.1, 0.15) is 78.0 Å². The molecule has 27 heavy (non-hydrogen) atoms. The molecule has 0 amide bonds. The first-order chi connectivity index (χ1) is 12.3. The molecule has 154 valence electrons. The number of rotatable bonds is 5. The van der Waals surface area contributed by atoms with Gasteiger partial charge in [0.15, 0.2) is 0 Å². The number of hydrogen-bond acceptors (Lipinski definition) is 3. The molecule has 5 heteroatoms. The minimum atomic E-state index is -2.82. The summed E-state index contributed by atoms with van der Waals surface area (Å²) in [5.74, 6) is 2.06. The molecule has 1 aromatic carbocycles. The number of fused-ring (bicyclic) bond motifs is 1. The summed E-state index contributed by atoms with van der Waals surface area (Å²) in [4.78, 5) is 0. The van der Waals surface area contributed by atoms with E-state index in [1.165, 1.54) is 16.7 Å². The van der Waals surface area contributed by atoms with Crippen molar-refractivity contribution in [2.45, 2.75) is 83.4 Å². The van der Waals surface area contributed by atoms with E-state index in [9.17, 15) is 4.57 Å². The van der Waals surface area contributed by atoms with Crippen molar-refractivity contribution in [3.05, 3.63) is 28.8 Å². The van der Waals surface area contributed by atoms with Crippen LogP contribution >= 0.6 is 6.06 Å². The Balaban J connectivity index is 2.91. The Hall–Kier alpha value is -0.111. The van der Waals surface area contributed by atoms with E-state index in [0.29, 0.717) is 13.2 Å². The van der Waals surface area contributed by atoms with E-state index in [-0.39, 0.29) is 30.8 Å². The summed E-state index contributed by atoms with van der Waals surface area (Å²) in [7, 11) is 1.74. The van der Waals surface area contributed by atoms with Crippen molar-refractivity contribution in [3.8, 4) is 0 Å². The molecule has 0 bridgehead atoms. The fourth-order valence-electron chi connectivity index (χ4n) is 3.65. The molecule has 1 unspecified atom stereocenters. The molecule has 2 rings (SSSR count). The Morgan fingerprint density at radius 1 is 1.22 bits per heavy atom. The predicted octanol–water partition coefficient (Wildman–Crippen LogP) is 5.57. The zero-order valence-electron chi connectivity index (χ0n) is 18.6. The second-order valence-electron chi connectivity index (χ2n) is 9.94. The zero-order chi connectivity index (χ0) is 20.7. The van der Waals surface area contributed by atoms with Crippen molar-refractivity contribution in [3.63, 3.8) is 0 Å². The van der Waals surface area contributed by atoms with Gasteiger partial charge in [0.1, 0.15) is 0 Å². The van der Waals surface area contributed by atoms with Gasteiger partial charge in [0.2, 0.25) is 0 Å². The summed E-state index contributed by atoms with van der Waals surface area (Å²) < 4.78 is 25.5. The number of ether oxygens (including phenoxy) is 1. The molecular formula is C22H37O3PSe. The predicted molar refractivity (Wildman–Crippen MR) is 117 cm³/mol. The van der Waals surface area contributed by atoms with Gasteiger partial charge < -0.3 is 0 Å². The quantitative estimate of drug-likeness (QED) is 0.427. The van der Waals surface area contributed by atoms with E-state index in [2.05, 4.69) is 66.4 Å². The van der Waals surface area contributed by atoms with Gasteiger partial charge in [0.05, 0.1) is 0 Å². The average Bonchev–Trinajstić information content (AvgIpc) is 2.67. The van der Waals surface area contributed by atoms with Crippen LogP contribution < -0.4 is 5.30 Å². The minimum absolute atomic E-state index is 0.0334. The molecule has 1 aromatic rings. The third-order valence-corrected chi connectivity index (χ3v) is 12.7. The van der Waals surface area contributed by atoms with Gasteiger partial charge in [-0.3, -0.25) is 0 Å². The Bertz CT molecular complexity index is 732. The van der Waals surface area contributed by atoms with Crippen LogP contribution in [0.25, 0.3) is 0 Å². The first kappa shape index (κ1) is 23.2. The van der Waals surface area contributed by atoms with Gasteiger partial charge in [0, 0.05) is 0 Å². The summed E-state index contributed by atoms with van der Waals surface area (Å²) in [5, 5.41) is 1.02. The topological polar surface area (TPSA) is 35.5 Å². The molecule has 0 aromatic heterocycles. The molecule has 0 N–H and O–H groups in total. The molecule has 0 fully saturated rings. The second-order valence-corrected chi connectivity index (χ2v) is 17.3. The third kappa shape index (κ3) is 4.73. The van der Waals surface area contributed by atoms with Crippen molar-refractivity contribution in [1.29, 1.82) is 0 Å². The van der Waals surface area contributed by atoms with Crippen LogP contribution in [-0.4, -0.2) is 34.8 Å². The van der Waals surface area contributed by atoms with Gasteiger partial charge in [0.25, 0.3) is 0 Å². The van der Waals surface area contributed by atoms with Gasteiger partial charge in [-0.1, -0.05) is 0 Å². The maximum absolute atomic E-state index is 14.0. The van der Waals surface area contributed by atoms with Crippen LogP contribution in [0.5, 0.6) is 0 Å². The summed E-state index contributed by atoms with van der Waals surface area (Å²) in [5.41, 5.74) is 3.59. The van der Waals surface area contributed by atoms with Crippen LogP contribution in [0.4, 0.5) is 0 Å². The van der Waals surface area contributed by atoms with Gasteiger partial charge in [-0.25, -0.2) is 0 Å². The Labute approximate surface area is 172 Å². The summed E-state index contributed by atoms with van der Waals surface area (Å²) in [6.07, 6.45) is 1.78. The number of methoxy groups -OCH3 is 1. The molecule has 1 aliphatic heterocycles. The Morgan fingerprint density at radius 3 is 2.37 bits per heavy atom. The van der Waals surface area contributed by atoms with E-state index >= 15 is 0 Å². The second kappa shape index (κ2) is 7.96.